The number of phenolic OH excluding ortho intramolecular Hbond substituents is 1. The minimum Gasteiger partial charge on any atom is -0.506 e. The van der Waals surface area contributed by atoms with Crippen LogP contribution in [-0.4, -0.2) is 21.5 Å². The molecule has 116 valence electrons. The molecule has 5 heteroatoms. The van der Waals surface area contributed by atoms with Crippen LogP contribution < -0.4 is 0 Å². The fourth-order valence-corrected chi connectivity index (χ4v) is 3.62. The largest absolute Gasteiger partial charge is 0.506 e. The fraction of sp³-hybridized carbons (Fsp3) is 0.353. The van der Waals surface area contributed by atoms with Crippen LogP contribution in [0.2, 0.25) is 10.0 Å². The first kappa shape index (κ1) is 15.6. The molecule has 0 saturated carbocycles. The Hall–Kier alpha value is -1.29. The fourth-order valence-electron chi connectivity index (χ4n) is 3.09. The van der Waals surface area contributed by atoms with E-state index < -0.39 is 0 Å². The molecule has 2 heterocycles. The first-order valence-corrected chi connectivity index (χ1v) is 8.21. The van der Waals surface area contributed by atoms with Crippen LogP contribution in [0.25, 0.3) is 0 Å². The Labute approximate surface area is 140 Å². The normalized spacial score (nSPS) is 19.3. The zero-order valence-electron chi connectivity index (χ0n) is 12.2. The molecule has 1 atom stereocenters. The van der Waals surface area contributed by atoms with Crippen LogP contribution in [0, 0.1) is 0 Å². The van der Waals surface area contributed by atoms with E-state index in [0.29, 0.717) is 22.6 Å². The van der Waals surface area contributed by atoms with Crippen molar-refractivity contribution in [1.82, 2.24) is 9.88 Å². The van der Waals surface area contributed by atoms with Crippen molar-refractivity contribution >= 4 is 23.2 Å². The van der Waals surface area contributed by atoms with E-state index in [2.05, 4.69) is 16.0 Å². The average molecular weight is 337 g/mol. The summed E-state index contributed by atoms with van der Waals surface area (Å²) in [5.41, 5.74) is 1.99. The Balaban J connectivity index is 1.86. The third kappa shape index (κ3) is 3.37. The van der Waals surface area contributed by atoms with Crippen LogP contribution in [-0.2, 0) is 6.54 Å². The van der Waals surface area contributed by atoms with Crippen molar-refractivity contribution in [1.29, 1.82) is 0 Å². The highest BCUT2D eigenvalue weighted by Gasteiger charge is 2.25. The summed E-state index contributed by atoms with van der Waals surface area (Å²) in [4.78, 5) is 6.59. The number of hydrogen-bond donors (Lipinski definition) is 1. The zero-order valence-corrected chi connectivity index (χ0v) is 13.7. The minimum absolute atomic E-state index is 0.126. The van der Waals surface area contributed by atoms with E-state index in [1.807, 2.05) is 12.3 Å². The van der Waals surface area contributed by atoms with Gasteiger partial charge in [0.15, 0.2) is 0 Å². The Morgan fingerprint density at radius 3 is 2.91 bits per heavy atom. The first-order valence-electron chi connectivity index (χ1n) is 7.46. The van der Waals surface area contributed by atoms with Gasteiger partial charge in [0.25, 0.3) is 0 Å². The van der Waals surface area contributed by atoms with Gasteiger partial charge in [-0.25, -0.2) is 0 Å². The summed E-state index contributed by atoms with van der Waals surface area (Å²) in [6, 6.07) is 7.75. The van der Waals surface area contributed by atoms with Crippen LogP contribution >= 0.6 is 23.2 Å². The van der Waals surface area contributed by atoms with Crippen molar-refractivity contribution in [2.24, 2.45) is 0 Å². The molecule has 1 aliphatic heterocycles. The molecule has 1 saturated heterocycles. The maximum absolute atomic E-state index is 10.2. The number of aromatic hydroxyl groups is 1. The predicted octanol–water partition coefficient (Wildman–Crippen LogP) is 4.82. The van der Waals surface area contributed by atoms with E-state index in [9.17, 15) is 5.11 Å². The van der Waals surface area contributed by atoms with Gasteiger partial charge in [0.05, 0.1) is 5.02 Å². The lowest BCUT2D eigenvalue weighted by Gasteiger charge is -2.36. The van der Waals surface area contributed by atoms with Crippen molar-refractivity contribution in [3.8, 4) is 5.75 Å². The second-order valence-electron chi connectivity index (χ2n) is 5.66. The topological polar surface area (TPSA) is 36.4 Å². The number of pyridine rings is 1. The summed E-state index contributed by atoms with van der Waals surface area (Å²) in [5, 5.41) is 11.0. The molecule has 0 radical (unpaired) electrons. The van der Waals surface area contributed by atoms with E-state index in [0.717, 1.165) is 24.9 Å². The molecule has 1 N–H and O–H groups in total. The molecule has 1 aromatic carbocycles. The molecule has 2 aromatic rings. The number of phenols is 1. The molecule has 22 heavy (non-hydrogen) atoms. The number of halogens is 2. The van der Waals surface area contributed by atoms with Crippen molar-refractivity contribution in [2.45, 2.75) is 31.8 Å². The van der Waals surface area contributed by atoms with Crippen LogP contribution in [0.3, 0.4) is 0 Å². The second-order valence-corrected chi connectivity index (χ2v) is 6.51. The first-order chi connectivity index (χ1) is 10.6. The van der Waals surface area contributed by atoms with E-state index in [4.69, 9.17) is 23.2 Å². The summed E-state index contributed by atoms with van der Waals surface area (Å²) < 4.78 is 0. The smallest absolute Gasteiger partial charge is 0.138 e. The number of likely N-dealkylation sites (tertiary alicyclic amines) is 1. The van der Waals surface area contributed by atoms with Crippen LogP contribution in [0.15, 0.2) is 36.7 Å². The molecule has 0 spiro atoms. The van der Waals surface area contributed by atoms with Crippen LogP contribution in [0.5, 0.6) is 5.75 Å². The lowest BCUT2D eigenvalue weighted by Crippen LogP contribution is -2.33. The Morgan fingerprint density at radius 1 is 1.27 bits per heavy atom. The third-order valence-corrected chi connectivity index (χ3v) is 4.67. The molecular formula is C17H18Cl2N2O. The molecule has 0 unspecified atom stereocenters. The van der Waals surface area contributed by atoms with Gasteiger partial charge in [0.1, 0.15) is 5.75 Å². The van der Waals surface area contributed by atoms with Gasteiger partial charge in [0, 0.05) is 35.6 Å². The summed E-state index contributed by atoms with van der Waals surface area (Å²) in [7, 11) is 0. The quantitative estimate of drug-likeness (QED) is 0.872. The van der Waals surface area contributed by atoms with Gasteiger partial charge in [-0.1, -0.05) is 35.7 Å². The molecule has 3 rings (SSSR count). The van der Waals surface area contributed by atoms with Crippen molar-refractivity contribution in [2.75, 3.05) is 6.54 Å². The van der Waals surface area contributed by atoms with Crippen molar-refractivity contribution in [3.63, 3.8) is 0 Å². The van der Waals surface area contributed by atoms with E-state index in [1.165, 1.54) is 12.0 Å². The number of piperidine rings is 1. The van der Waals surface area contributed by atoms with Crippen LogP contribution in [0.4, 0.5) is 0 Å². The van der Waals surface area contributed by atoms with Crippen molar-refractivity contribution in [3.05, 3.63) is 57.8 Å². The lowest BCUT2D eigenvalue weighted by atomic mass is 9.95. The van der Waals surface area contributed by atoms with E-state index in [1.54, 1.807) is 18.3 Å². The van der Waals surface area contributed by atoms with Crippen molar-refractivity contribution < 1.29 is 5.11 Å². The molecule has 0 bridgehead atoms. The van der Waals surface area contributed by atoms with Gasteiger partial charge in [0.2, 0.25) is 0 Å². The standard InChI is InChI=1S/C17H18Cl2N2O/c18-14-8-13(17(22)15(19)9-14)11-21-7-2-1-5-16(21)12-4-3-6-20-10-12/h3-4,6,8-10,16,22H,1-2,5,7,11H2/t16-/m0/s1. The average Bonchev–Trinajstić information content (AvgIpc) is 2.53. The summed E-state index contributed by atoms with van der Waals surface area (Å²) in [5.74, 6) is 0.126. The highest BCUT2D eigenvalue weighted by molar-refractivity contribution is 6.35. The highest BCUT2D eigenvalue weighted by atomic mass is 35.5. The highest BCUT2D eigenvalue weighted by Crippen LogP contribution is 2.36. The number of nitrogens with zero attached hydrogens (tertiary/aromatic N) is 2. The molecule has 1 aliphatic rings. The molecule has 1 aromatic heterocycles. The molecule has 3 nitrogen and oxygen atoms in total. The Morgan fingerprint density at radius 2 is 2.14 bits per heavy atom. The SMILES string of the molecule is Oc1c(Cl)cc(Cl)cc1CN1CCCC[C@H]1c1cccnc1. The molecule has 0 aliphatic carbocycles. The summed E-state index contributed by atoms with van der Waals surface area (Å²) in [6.07, 6.45) is 7.18. The van der Waals surface area contributed by atoms with Gasteiger partial charge in [-0.3, -0.25) is 9.88 Å². The third-order valence-electron chi connectivity index (χ3n) is 4.16. The predicted molar refractivity (Wildman–Crippen MR) is 89.4 cm³/mol. The maximum Gasteiger partial charge on any atom is 0.138 e. The van der Waals surface area contributed by atoms with Gasteiger partial charge < -0.3 is 5.11 Å². The maximum atomic E-state index is 10.2. The van der Waals surface area contributed by atoms with Gasteiger partial charge in [-0.2, -0.15) is 0 Å². The number of aromatic nitrogens is 1. The van der Waals surface area contributed by atoms with E-state index >= 15 is 0 Å². The molecular weight excluding hydrogens is 319 g/mol. The van der Waals surface area contributed by atoms with Gasteiger partial charge in [-0.05, 0) is 43.1 Å². The second kappa shape index (κ2) is 6.86. The monoisotopic (exact) mass is 336 g/mol. The number of benzene rings is 1. The van der Waals surface area contributed by atoms with Crippen LogP contribution in [0.1, 0.15) is 36.4 Å². The molecule has 0 amide bonds. The summed E-state index contributed by atoms with van der Waals surface area (Å²) >= 11 is 12.1. The van der Waals surface area contributed by atoms with E-state index in [-0.39, 0.29) is 5.75 Å². The number of rotatable bonds is 3. The van der Waals surface area contributed by atoms with Gasteiger partial charge in [-0.15, -0.1) is 0 Å². The Bertz CT molecular complexity index is 649. The molecule has 1 fully saturated rings. The summed E-state index contributed by atoms with van der Waals surface area (Å²) in [6.45, 7) is 1.62. The number of hydrogen-bond acceptors (Lipinski definition) is 3. The van der Waals surface area contributed by atoms with Gasteiger partial charge >= 0.3 is 0 Å². The zero-order chi connectivity index (χ0) is 15.5. The lowest BCUT2D eigenvalue weighted by molar-refractivity contribution is 0.139. The Kier molecular flexibility index (Phi) is 4.87. The minimum atomic E-state index is 0.126.